The molecule has 3 heterocycles. The first kappa shape index (κ1) is 27.0. The fraction of sp³-hybridized carbons (Fsp3) is 0.111. The molecule has 0 saturated heterocycles. The van der Waals surface area contributed by atoms with E-state index in [1.54, 1.807) is 0 Å². The predicted molar refractivity (Wildman–Crippen MR) is 135 cm³/mol. The number of hydrogen-bond donors (Lipinski definition) is 2. The monoisotopic (exact) mass is 574 g/mol. The van der Waals surface area contributed by atoms with E-state index in [-0.39, 0.29) is 44.9 Å². The molecule has 5 rings (SSSR count). The maximum Gasteiger partial charge on any atom is 0.416 e. The van der Waals surface area contributed by atoms with E-state index in [9.17, 15) is 36.3 Å². The lowest BCUT2D eigenvalue weighted by Crippen LogP contribution is -2.21. The van der Waals surface area contributed by atoms with Crippen molar-refractivity contribution in [3.05, 3.63) is 116 Å². The molecule has 0 saturated carbocycles. The highest BCUT2D eigenvalue weighted by Crippen LogP contribution is 2.40. The zero-order chi connectivity index (χ0) is 28.9. The number of carbonyl (C=O) groups is 2. The summed E-state index contributed by atoms with van der Waals surface area (Å²) in [6.45, 7) is 0. The summed E-state index contributed by atoms with van der Waals surface area (Å²) in [6, 6.07) is 7.74. The quantitative estimate of drug-likeness (QED) is 0.316. The first-order chi connectivity index (χ1) is 18.8. The Morgan fingerprint density at radius 2 is 1.77 bits per heavy atom. The number of benzene rings is 2. The van der Waals surface area contributed by atoms with Gasteiger partial charge >= 0.3 is 6.18 Å². The van der Waals surface area contributed by atoms with Gasteiger partial charge in [0.2, 0.25) is 5.56 Å². The number of nitrogens with one attached hydrogen (secondary N) is 2. The van der Waals surface area contributed by atoms with Crippen LogP contribution >= 0.6 is 11.6 Å². The molecule has 0 bridgehead atoms. The number of aromatic nitrogens is 2. The Hall–Kier alpha value is -4.58. The van der Waals surface area contributed by atoms with Crippen molar-refractivity contribution in [1.29, 1.82) is 0 Å². The molecule has 2 N–H and O–H groups in total. The number of pyridine rings is 2. The largest absolute Gasteiger partial charge is 0.416 e. The number of amides is 2. The van der Waals surface area contributed by atoms with E-state index in [0.717, 1.165) is 12.1 Å². The van der Waals surface area contributed by atoms with Crippen LogP contribution in [0.25, 0.3) is 11.3 Å². The van der Waals surface area contributed by atoms with Crippen molar-refractivity contribution in [2.45, 2.75) is 12.2 Å². The smallest absolute Gasteiger partial charge is 0.340 e. The Bertz CT molecular complexity index is 1770. The second-order valence-electron chi connectivity index (χ2n) is 8.94. The van der Waals surface area contributed by atoms with Crippen molar-refractivity contribution < 1.29 is 31.5 Å². The molecule has 0 fully saturated rings. The van der Waals surface area contributed by atoms with Crippen molar-refractivity contribution in [1.82, 2.24) is 14.9 Å². The molecule has 7 nitrogen and oxygen atoms in total. The van der Waals surface area contributed by atoms with Crippen molar-refractivity contribution in [3.63, 3.8) is 0 Å². The van der Waals surface area contributed by atoms with Crippen LogP contribution in [0.1, 0.15) is 43.6 Å². The van der Waals surface area contributed by atoms with E-state index in [1.165, 1.54) is 42.1 Å². The summed E-state index contributed by atoms with van der Waals surface area (Å²) < 4.78 is 69.2. The van der Waals surface area contributed by atoms with Gasteiger partial charge in [-0.05, 0) is 48.5 Å². The van der Waals surface area contributed by atoms with Crippen LogP contribution in [0.4, 0.5) is 27.6 Å². The van der Waals surface area contributed by atoms with Crippen molar-refractivity contribution in [2.75, 3.05) is 5.32 Å². The van der Waals surface area contributed by atoms with E-state index in [1.807, 2.05) is 0 Å². The zero-order valence-electron chi connectivity index (χ0n) is 20.2. The number of aryl methyl sites for hydroxylation is 1. The lowest BCUT2D eigenvalue weighted by Gasteiger charge is -2.19. The van der Waals surface area contributed by atoms with Gasteiger partial charge in [-0.15, -0.1) is 0 Å². The number of rotatable bonds is 4. The van der Waals surface area contributed by atoms with E-state index < -0.39 is 46.8 Å². The summed E-state index contributed by atoms with van der Waals surface area (Å²) in [6.07, 6.45) is -3.49. The topological polar surface area (TPSA) is 93.1 Å². The Labute approximate surface area is 227 Å². The predicted octanol–water partition coefficient (Wildman–Crippen LogP) is 5.48. The number of hydrogen-bond acceptors (Lipinski definition) is 4. The van der Waals surface area contributed by atoms with Gasteiger partial charge in [0.05, 0.1) is 23.0 Å². The minimum Gasteiger partial charge on any atom is -0.340 e. The zero-order valence-corrected chi connectivity index (χ0v) is 21.0. The lowest BCUT2D eigenvalue weighted by atomic mass is 9.97. The molecule has 2 aromatic carbocycles. The van der Waals surface area contributed by atoms with Gasteiger partial charge in [-0.1, -0.05) is 11.6 Å². The van der Waals surface area contributed by atoms with Gasteiger partial charge < -0.3 is 15.2 Å². The van der Waals surface area contributed by atoms with Gasteiger partial charge in [-0.2, -0.15) is 13.2 Å². The molecule has 2 aromatic heterocycles. The van der Waals surface area contributed by atoms with Gasteiger partial charge in [0, 0.05) is 46.6 Å². The first-order valence-electron chi connectivity index (χ1n) is 11.5. The van der Waals surface area contributed by atoms with Gasteiger partial charge in [-0.25, -0.2) is 13.8 Å². The van der Waals surface area contributed by atoms with Crippen LogP contribution < -0.4 is 16.2 Å². The highest BCUT2D eigenvalue weighted by atomic mass is 35.5. The Balaban J connectivity index is 1.68. The molecule has 40 heavy (non-hydrogen) atoms. The number of anilines is 1. The number of carbonyl (C=O) groups excluding carboxylic acids is 2. The first-order valence-corrected chi connectivity index (χ1v) is 11.9. The molecule has 0 radical (unpaired) electrons. The van der Waals surface area contributed by atoms with Gasteiger partial charge in [0.15, 0.2) is 0 Å². The average Bonchev–Trinajstić information content (AvgIpc) is 3.22. The molecule has 2 amide bonds. The van der Waals surface area contributed by atoms with Crippen LogP contribution in [-0.4, -0.2) is 21.4 Å². The van der Waals surface area contributed by atoms with E-state index in [2.05, 4.69) is 15.6 Å². The van der Waals surface area contributed by atoms with Crippen LogP contribution in [0.3, 0.4) is 0 Å². The average molecular weight is 575 g/mol. The molecule has 1 atom stereocenters. The second-order valence-corrected chi connectivity index (χ2v) is 9.34. The van der Waals surface area contributed by atoms with Gasteiger partial charge in [-0.3, -0.25) is 14.4 Å². The summed E-state index contributed by atoms with van der Waals surface area (Å²) >= 11 is 6.28. The molecule has 1 unspecified atom stereocenters. The third-order valence-corrected chi connectivity index (χ3v) is 6.57. The normalized spacial score (nSPS) is 14.6. The SMILES string of the molecule is Cn1cc(-c2cc(NC(=O)c3cc(F)cc(C(F)(F)F)c3)c3c(n2)C(=O)NC3c2cc(F)ccc2Cl)ccc1=O. The van der Waals surface area contributed by atoms with Crippen LogP contribution in [0.5, 0.6) is 0 Å². The number of halogens is 6. The lowest BCUT2D eigenvalue weighted by molar-refractivity contribution is -0.137. The minimum atomic E-state index is -4.92. The summed E-state index contributed by atoms with van der Waals surface area (Å²) in [5.41, 5.74) is -1.92. The van der Waals surface area contributed by atoms with Crippen LogP contribution in [0, 0.1) is 11.6 Å². The molecule has 4 aromatic rings. The Kier molecular flexibility index (Phi) is 6.66. The third-order valence-electron chi connectivity index (χ3n) is 6.22. The van der Waals surface area contributed by atoms with Crippen LogP contribution in [0.15, 0.2) is 65.6 Å². The number of nitrogens with zero attached hydrogens (tertiary/aromatic N) is 2. The Morgan fingerprint density at radius 1 is 1.02 bits per heavy atom. The fourth-order valence-electron chi connectivity index (χ4n) is 4.34. The highest BCUT2D eigenvalue weighted by molar-refractivity contribution is 6.31. The summed E-state index contributed by atoms with van der Waals surface area (Å²) in [7, 11) is 1.48. The maximum atomic E-state index is 14.1. The fourth-order valence-corrected chi connectivity index (χ4v) is 4.56. The highest BCUT2D eigenvalue weighted by Gasteiger charge is 2.37. The van der Waals surface area contributed by atoms with Crippen molar-refractivity contribution in [3.8, 4) is 11.3 Å². The van der Waals surface area contributed by atoms with Crippen LogP contribution in [0.2, 0.25) is 5.02 Å². The van der Waals surface area contributed by atoms with Gasteiger partial charge in [0.1, 0.15) is 17.3 Å². The van der Waals surface area contributed by atoms with Crippen LogP contribution in [-0.2, 0) is 13.2 Å². The molecule has 0 spiro atoms. The molecule has 204 valence electrons. The Morgan fingerprint density at radius 3 is 2.48 bits per heavy atom. The number of alkyl halides is 3. The molecule has 1 aliphatic heterocycles. The molecule has 1 aliphatic rings. The van der Waals surface area contributed by atoms with E-state index in [0.29, 0.717) is 17.7 Å². The van der Waals surface area contributed by atoms with E-state index >= 15 is 0 Å². The van der Waals surface area contributed by atoms with Crippen molar-refractivity contribution in [2.24, 2.45) is 7.05 Å². The molecular formula is C27H16ClF5N4O3. The molecule has 13 heteroatoms. The third kappa shape index (κ3) is 5.05. The number of fused-ring (bicyclic) bond motifs is 1. The maximum absolute atomic E-state index is 14.1. The van der Waals surface area contributed by atoms with E-state index in [4.69, 9.17) is 11.6 Å². The summed E-state index contributed by atoms with van der Waals surface area (Å²) in [5, 5.41) is 5.15. The minimum absolute atomic E-state index is 0.0619. The standard InChI is InChI=1S/C27H16ClF5N4O3/c1-37-11-12(2-5-21(37)38)19-10-20(35-25(39)13-6-14(27(31,32)33)8-16(30)7-13)22-23(36-26(40)24(22)34-19)17-9-15(29)3-4-18(17)28/h2-11,23H,1H3,(H,36,40)(H,34,35,39). The molecule has 0 aliphatic carbocycles. The summed E-state index contributed by atoms with van der Waals surface area (Å²) in [4.78, 5) is 42.4. The molecular weight excluding hydrogens is 559 g/mol. The summed E-state index contributed by atoms with van der Waals surface area (Å²) in [5.74, 6) is -3.77. The second kappa shape index (κ2) is 9.87. The van der Waals surface area contributed by atoms with Gasteiger partial charge in [0.25, 0.3) is 11.8 Å². The van der Waals surface area contributed by atoms with Crippen molar-refractivity contribution >= 4 is 29.1 Å².